The van der Waals surface area contributed by atoms with Gasteiger partial charge in [-0.1, -0.05) is 6.92 Å². The van der Waals surface area contributed by atoms with Crippen molar-refractivity contribution in [1.82, 2.24) is 20.0 Å². The molecular weight excluding hydrogens is 244 g/mol. The molecule has 0 aliphatic carbocycles. The van der Waals surface area contributed by atoms with Crippen LogP contribution in [0.2, 0.25) is 0 Å². The SMILES string of the molecule is CCCNc1ccc(C(=O)Nc2ccn(C)n2)nn1. The molecule has 7 heteroatoms. The van der Waals surface area contributed by atoms with Crippen molar-refractivity contribution in [2.24, 2.45) is 7.05 Å². The van der Waals surface area contributed by atoms with E-state index in [1.807, 2.05) is 0 Å². The molecule has 100 valence electrons. The van der Waals surface area contributed by atoms with Crippen molar-refractivity contribution in [1.29, 1.82) is 0 Å². The van der Waals surface area contributed by atoms with Crippen LogP contribution in [0.5, 0.6) is 0 Å². The van der Waals surface area contributed by atoms with Crippen molar-refractivity contribution in [2.45, 2.75) is 13.3 Å². The Morgan fingerprint density at radius 3 is 2.68 bits per heavy atom. The molecule has 2 aromatic heterocycles. The molecule has 0 atom stereocenters. The predicted octanol–water partition coefficient (Wildman–Crippen LogP) is 1.28. The first-order valence-corrected chi connectivity index (χ1v) is 6.07. The fourth-order valence-corrected chi connectivity index (χ4v) is 1.46. The van der Waals surface area contributed by atoms with Gasteiger partial charge in [-0.05, 0) is 18.6 Å². The van der Waals surface area contributed by atoms with E-state index in [4.69, 9.17) is 0 Å². The summed E-state index contributed by atoms with van der Waals surface area (Å²) in [5.41, 5.74) is 0.257. The molecule has 2 heterocycles. The monoisotopic (exact) mass is 260 g/mol. The molecule has 0 aliphatic rings. The third kappa shape index (κ3) is 3.51. The third-order valence-corrected chi connectivity index (χ3v) is 2.41. The van der Waals surface area contributed by atoms with Crippen LogP contribution in [0, 0.1) is 0 Å². The fourth-order valence-electron chi connectivity index (χ4n) is 1.46. The van der Waals surface area contributed by atoms with Gasteiger partial charge in [-0.15, -0.1) is 10.2 Å². The summed E-state index contributed by atoms with van der Waals surface area (Å²) in [7, 11) is 1.78. The molecule has 0 saturated carbocycles. The van der Waals surface area contributed by atoms with Crippen molar-refractivity contribution in [2.75, 3.05) is 17.2 Å². The zero-order valence-electron chi connectivity index (χ0n) is 10.9. The van der Waals surface area contributed by atoms with Gasteiger partial charge in [0.25, 0.3) is 5.91 Å². The van der Waals surface area contributed by atoms with E-state index in [0.717, 1.165) is 13.0 Å². The molecule has 2 aromatic rings. The van der Waals surface area contributed by atoms with Crippen molar-refractivity contribution >= 4 is 17.5 Å². The fraction of sp³-hybridized carbons (Fsp3) is 0.333. The maximum atomic E-state index is 11.9. The smallest absolute Gasteiger partial charge is 0.277 e. The summed E-state index contributed by atoms with van der Waals surface area (Å²) in [6.45, 7) is 2.89. The van der Waals surface area contributed by atoms with Crippen LogP contribution < -0.4 is 10.6 Å². The quantitative estimate of drug-likeness (QED) is 0.846. The highest BCUT2D eigenvalue weighted by molar-refractivity contribution is 6.02. The summed E-state index contributed by atoms with van der Waals surface area (Å²) in [5.74, 6) is 0.826. The minimum Gasteiger partial charge on any atom is -0.369 e. The number of anilines is 2. The van der Waals surface area contributed by atoms with Gasteiger partial charge in [-0.2, -0.15) is 5.10 Å². The number of nitrogens with one attached hydrogen (secondary N) is 2. The highest BCUT2D eigenvalue weighted by Crippen LogP contribution is 2.06. The third-order valence-electron chi connectivity index (χ3n) is 2.41. The maximum absolute atomic E-state index is 11.9. The van der Waals surface area contributed by atoms with Crippen LogP contribution in [0.3, 0.4) is 0 Å². The van der Waals surface area contributed by atoms with Crippen LogP contribution in [0.25, 0.3) is 0 Å². The normalized spacial score (nSPS) is 10.2. The summed E-state index contributed by atoms with van der Waals surface area (Å²) in [5, 5.41) is 17.6. The van der Waals surface area contributed by atoms with Crippen LogP contribution in [-0.2, 0) is 7.05 Å². The van der Waals surface area contributed by atoms with Gasteiger partial charge < -0.3 is 10.6 Å². The number of aromatic nitrogens is 4. The standard InChI is InChI=1S/C12H16N6O/c1-3-7-13-10-5-4-9(15-16-10)12(19)14-11-6-8-18(2)17-11/h4-6,8H,3,7H2,1-2H3,(H,13,16)(H,14,17,19). The first-order chi connectivity index (χ1) is 9.19. The summed E-state index contributed by atoms with van der Waals surface area (Å²) in [6, 6.07) is 5.07. The molecule has 0 saturated heterocycles. The number of aryl methyl sites for hydroxylation is 1. The lowest BCUT2D eigenvalue weighted by atomic mass is 10.3. The maximum Gasteiger partial charge on any atom is 0.277 e. The van der Waals surface area contributed by atoms with Gasteiger partial charge in [-0.3, -0.25) is 9.48 Å². The van der Waals surface area contributed by atoms with Crippen LogP contribution >= 0.6 is 0 Å². The molecule has 0 unspecified atom stereocenters. The van der Waals surface area contributed by atoms with Crippen LogP contribution in [0.4, 0.5) is 11.6 Å². The van der Waals surface area contributed by atoms with E-state index >= 15 is 0 Å². The second-order valence-corrected chi connectivity index (χ2v) is 4.06. The molecule has 0 radical (unpaired) electrons. The van der Waals surface area contributed by atoms with Crippen LogP contribution in [0.1, 0.15) is 23.8 Å². The number of carbonyl (C=O) groups is 1. The van der Waals surface area contributed by atoms with E-state index in [1.54, 1.807) is 36.1 Å². The second kappa shape index (κ2) is 5.94. The number of carbonyl (C=O) groups excluding carboxylic acids is 1. The summed E-state index contributed by atoms with van der Waals surface area (Å²) in [6.07, 6.45) is 2.75. The first kappa shape index (κ1) is 13.0. The summed E-state index contributed by atoms with van der Waals surface area (Å²) in [4.78, 5) is 11.9. The lowest BCUT2D eigenvalue weighted by molar-refractivity contribution is 0.102. The lowest BCUT2D eigenvalue weighted by Gasteiger charge is -2.04. The minimum atomic E-state index is -0.326. The molecule has 0 aromatic carbocycles. The van der Waals surface area contributed by atoms with Gasteiger partial charge in [0.15, 0.2) is 11.5 Å². The minimum absolute atomic E-state index is 0.257. The van der Waals surface area contributed by atoms with E-state index < -0.39 is 0 Å². The van der Waals surface area contributed by atoms with Gasteiger partial charge in [0.2, 0.25) is 0 Å². The van der Waals surface area contributed by atoms with Gasteiger partial charge in [0.1, 0.15) is 5.82 Å². The van der Waals surface area contributed by atoms with E-state index in [0.29, 0.717) is 11.6 Å². The molecule has 2 N–H and O–H groups in total. The number of amides is 1. The zero-order chi connectivity index (χ0) is 13.7. The van der Waals surface area contributed by atoms with Crippen molar-refractivity contribution in [3.8, 4) is 0 Å². The van der Waals surface area contributed by atoms with Gasteiger partial charge in [0, 0.05) is 25.9 Å². The predicted molar refractivity (Wildman–Crippen MR) is 72.0 cm³/mol. The Bertz CT molecular complexity index is 548. The largest absolute Gasteiger partial charge is 0.369 e. The molecule has 0 bridgehead atoms. The molecule has 0 spiro atoms. The van der Waals surface area contributed by atoms with Gasteiger partial charge in [-0.25, -0.2) is 0 Å². The Morgan fingerprint density at radius 2 is 2.11 bits per heavy atom. The first-order valence-electron chi connectivity index (χ1n) is 6.07. The van der Waals surface area contributed by atoms with Crippen molar-refractivity contribution in [3.05, 3.63) is 30.1 Å². The van der Waals surface area contributed by atoms with E-state index in [9.17, 15) is 4.79 Å². The number of hydrogen-bond donors (Lipinski definition) is 2. The van der Waals surface area contributed by atoms with E-state index in [1.165, 1.54) is 0 Å². The molecule has 0 aliphatic heterocycles. The Morgan fingerprint density at radius 1 is 1.26 bits per heavy atom. The molecule has 0 fully saturated rings. The number of hydrogen-bond acceptors (Lipinski definition) is 5. The average Bonchev–Trinajstić information content (AvgIpc) is 2.82. The molecule has 1 amide bonds. The molecule has 2 rings (SSSR count). The average molecular weight is 260 g/mol. The van der Waals surface area contributed by atoms with Crippen molar-refractivity contribution < 1.29 is 4.79 Å². The Labute approximate surface area is 111 Å². The molecule has 7 nitrogen and oxygen atoms in total. The topological polar surface area (TPSA) is 84.7 Å². The highest BCUT2D eigenvalue weighted by atomic mass is 16.2. The van der Waals surface area contributed by atoms with Crippen LogP contribution in [0.15, 0.2) is 24.4 Å². The number of nitrogens with zero attached hydrogens (tertiary/aromatic N) is 4. The Balaban J connectivity index is 1.99. The second-order valence-electron chi connectivity index (χ2n) is 4.06. The van der Waals surface area contributed by atoms with Gasteiger partial charge in [0.05, 0.1) is 0 Å². The lowest BCUT2D eigenvalue weighted by Crippen LogP contribution is -2.15. The van der Waals surface area contributed by atoms with Gasteiger partial charge >= 0.3 is 0 Å². The Kier molecular flexibility index (Phi) is 4.07. The highest BCUT2D eigenvalue weighted by Gasteiger charge is 2.09. The van der Waals surface area contributed by atoms with E-state index in [2.05, 4.69) is 32.9 Å². The van der Waals surface area contributed by atoms with Crippen molar-refractivity contribution in [3.63, 3.8) is 0 Å². The summed E-state index contributed by atoms with van der Waals surface area (Å²) < 4.78 is 1.61. The Hall–Kier alpha value is -2.44. The molecule has 19 heavy (non-hydrogen) atoms. The number of rotatable bonds is 5. The van der Waals surface area contributed by atoms with Crippen LogP contribution in [-0.4, -0.2) is 32.4 Å². The molecular formula is C12H16N6O. The summed E-state index contributed by atoms with van der Waals surface area (Å²) >= 11 is 0. The zero-order valence-corrected chi connectivity index (χ0v) is 10.9. The van der Waals surface area contributed by atoms with E-state index in [-0.39, 0.29) is 11.6 Å².